The lowest BCUT2D eigenvalue weighted by Gasteiger charge is -2.33. The van der Waals surface area contributed by atoms with Gasteiger partial charge in [0, 0.05) is 43.3 Å². The van der Waals surface area contributed by atoms with Gasteiger partial charge in [0.25, 0.3) is 0 Å². The summed E-state index contributed by atoms with van der Waals surface area (Å²) in [7, 11) is -3.96. The summed E-state index contributed by atoms with van der Waals surface area (Å²) in [4.78, 5) is 6.89. The monoisotopic (exact) mass is 359 g/mol. The molecular formula is C14H15F2N3O2S2. The van der Waals surface area contributed by atoms with Crippen LogP contribution in [0.3, 0.4) is 0 Å². The summed E-state index contributed by atoms with van der Waals surface area (Å²) in [6.45, 7) is 3.39. The van der Waals surface area contributed by atoms with E-state index in [0.29, 0.717) is 19.2 Å². The summed E-state index contributed by atoms with van der Waals surface area (Å²) in [5.74, 6) is -1.87. The normalized spacial score (nSPS) is 16.7. The molecule has 0 amide bonds. The summed E-state index contributed by atoms with van der Waals surface area (Å²) in [5.41, 5.74) is 0. The largest absolute Gasteiger partial charge is 0.345 e. The van der Waals surface area contributed by atoms with Crippen molar-refractivity contribution in [2.75, 3.05) is 31.1 Å². The van der Waals surface area contributed by atoms with E-state index >= 15 is 0 Å². The Morgan fingerprint density at radius 1 is 1.17 bits per heavy atom. The van der Waals surface area contributed by atoms with E-state index in [4.69, 9.17) is 0 Å². The fraction of sp³-hybridized carbons (Fsp3) is 0.357. The van der Waals surface area contributed by atoms with E-state index in [2.05, 4.69) is 4.98 Å². The zero-order chi connectivity index (χ0) is 16.6. The molecule has 1 aromatic heterocycles. The number of halogens is 2. The number of aryl methyl sites for hydroxylation is 1. The van der Waals surface area contributed by atoms with Gasteiger partial charge in [0.05, 0.1) is 0 Å². The van der Waals surface area contributed by atoms with Crippen LogP contribution in [-0.4, -0.2) is 43.9 Å². The fourth-order valence-corrected chi connectivity index (χ4v) is 4.71. The van der Waals surface area contributed by atoms with E-state index in [1.165, 1.54) is 4.31 Å². The second-order valence-electron chi connectivity index (χ2n) is 5.22. The number of nitrogens with zero attached hydrogens (tertiary/aromatic N) is 3. The van der Waals surface area contributed by atoms with Crippen LogP contribution < -0.4 is 4.90 Å². The summed E-state index contributed by atoms with van der Waals surface area (Å²) in [6, 6.07) is 2.50. The first-order valence-electron chi connectivity index (χ1n) is 7.00. The number of hydrogen-bond acceptors (Lipinski definition) is 5. The summed E-state index contributed by atoms with van der Waals surface area (Å²) < 4.78 is 53.0. The Kier molecular flexibility index (Phi) is 4.35. The smallest absolute Gasteiger partial charge is 0.246 e. The highest BCUT2D eigenvalue weighted by atomic mass is 32.2. The van der Waals surface area contributed by atoms with Gasteiger partial charge < -0.3 is 4.90 Å². The molecule has 0 N–H and O–H groups in total. The Balaban J connectivity index is 1.76. The molecule has 0 radical (unpaired) electrons. The number of rotatable bonds is 3. The quantitative estimate of drug-likeness (QED) is 0.843. The van der Waals surface area contributed by atoms with E-state index < -0.39 is 26.6 Å². The molecule has 2 aromatic rings. The molecule has 1 aromatic carbocycles. The SMILES string of the molecule is Cc1cnc(N2CCN(S(=O)(=O)c3ccc(F)cc3F)CC2)s1. The van der Waals surface area contributed by atoms with Gasteiger partial charge in [0.2, 0.25) is 10.0 Å². The van der Waals surface area contributed by atoms with Crippen molar-refractivity contribution in [3.05, 3.63) is 40.9 Å². The van der Waals surface area contributed by atoms with Crippen molar-refractivity contribution in [1.82, 2.24) is 9.29 Å². The van der Waals surface area contributed by atoms with Crippen molar-refractivity contribution >= 4 is 26.5 Å². The Morgan fingerprint density at radius 2 is 1.87 bits per heavy atom. The van der Waals surface area contributed by atoms with E-state index in [9.17, 15) is 17.2 Å². The van der Waals surface area contributed by atoms with Crippen LogP contribution in [0.1, 0.15) is 4.88 Å². The highest BCUT2D eigenvalue weighted by Crippen LogP contribution is 2.25. The third-order valence-corrected chi connectivity index (χ3v) is 6.54. The number of aromatic nitrogens is 1. The molecule has 124 valence electrons. The highest BCUT2D eigenvalue weighted by molar-refractivity contribution is 7.89. The Bertz CT molecular complexity index is 815. The van der Waals surface area contributed by atoms with Gasteiger partial charge in [-0.3, -0.25) is 0 Å². The average molecular weight is 359 g/mol. The number of anilines is 1. The first kappa shape index (κ1) is 16.3. The van der Waals surface area contributed by atoms with Crippen LogP contribution in [0.25, 0.3) is 0 Å². The average Bonchev–Trinajstić information content (AvgIpc) is 2.93. The molecule has 0 spiro atoms. The maximum absolute atomic E-state index is 13.8. The number of piperazine rings is 1. The Morgan fingerprint density at radius 3 is 2.43 bits per heavy atom. The van der Waals surface area contributed by atoms with E-state index in [1.54, 1.807) is 17.5 Å². The molecule has 1 aliphatic heterocycles. The fourth-order valence-electron chi connectivity index (χ4n) is 2.43. The van der Waals surface area contributed by atoms with Crippen molar-refractivity contribution in [1.29, 1.82) is 0 Å². The van der Waals surface area contributed by atoms with Crippen molar-refractivity contribution in [3.8, 4) is 0 Å². The van der Waals surface area contributed by atoms with Crippen LogP contribution in [0.15, 0.2) is 29.3 Å². The third-order valence-electron chi connectivity index (χ3n) is 3.63. The van der Waals surface area contributed by atoms with Crippen molar-refractivity contribution in [3.63, 3.8) is 0 Å². The Hall–Kier alpha value is -1.58. The van der Waals surface area contributed by atoms with E-state index in [-0.39, 0.29) is 13.1 Å². The molecule has 9 heteroatoms. The lowest BCUT2D eigenvalue weighted by molar-refractivity contribution is 0.382. The molecule has 0 saturated carbocycles. The Labute approximate surface area is 137 Å². The van der Waals surface area contributed by atoms with E-state index in [1.807, 2.05) is 11.8 Å². The second-order valence-corrected chi connectivity index (χ2v) is 8.34. The lowest BCUT2D eigenvalue weighted by Crippen LogP contribution is -2.48. The summed E-state index contributed by atoms with van der Waals surface area (Å²) >= 11 is 1.55. The van der Waals surface area contributed by atoms with Crippen LogP contribution in [0.4, 0.5) is 13.9 Å². The van der Waals surface area contributed by atoms with Gasteiger partial charge in [-0.1, -0.05) is 0 Å². The zero-order valence-corrected chi connectivity index (χ0v) is 14.0. The minimum absolute atomic E-state index is 0.234. The van der Waals surface area contributed by atoms with Crippen molar-refractivity contribution in [2.24, 2.45) is 0 Å². The first-order chi connectivity index (χ1) is 10.9. The predicted octanol–water partition coefficient (Wildman–Crippen LogP) is 2.24. The molecular weight excluding hydrogens is 344 g/mol. The predicted molar refractivity (Wildman–Crippen MR) is 84.2 cm³/mol. The minimum atomic E-state index is -3.96. The number of sulfonamides is 1. The van der Waals surface area contributed by atoms with Gasteiger partial charge >= 0.3 is 0 Å². The van der Waals surface area contributed by atoms with Gasteiger partial charge in [0.15, 0.2) is 5.13 Å². The number of hydrogen-bond donors (Lipinski definition) is 0. The molecule has 0 aliphatic carbocycles. The molecule has 0 atom stereocenters. The molecule has 0 unspecified atom stereocenters. The molecule has 5 nitrogen and oxygen atoms in total. The van der Waals surface area contributed by atoms with Gasteiger partial charge in [0.1, 0.15) is 16.5 Å². The van der Waals surface area contributed by atoms with Crippen LogP contribution in [0.5, 0.6) is 0 Å². The topological polar surface area (TPSA) is 53.5 Å². The number of benzene rings is 1. The highest BCUT2D eigenvalue weighted by Gasteiger charge is 2.31. The molecule has 1 fully saturated rings. The van der Waals surface area contributed by atoms with E-state index in [0.717, 1.165) is 22.1 Å². The van der Waals surface area contributed by atoms with Crippen molar-refractivity contribution < 1.29 is 17.2 Å². The van der Waals surface area contributed by atoms with Crippen LogP contribution in [-0.2, 0) is 10.0 Å². The lowest BCUT2D eigenvalue weighted by atomic mass is 10.3. The molecule has 1 saturated heterocycles. The maximum Gasteiger partial charge on any atom is 0.246 e. The van der Waals surface area contributed by atoms with Crippen LogP contribution in [0.2, 0.25) is 0 Å². The molecule has 0 bridgehead atoms. The first-order valence-corrected chi connectivity index (χ1v) is 9.26. The van der Waals surface area contributed by atoms with Crippen LogP contribution in [0, 0.1) is 18.6 Å². The zero-order valence-electron chi connectivity index (χ0n) is 12.4. The number of thiazole rings is 1. The molecule has 2 heterocycles. The standard InChI is InChI=1S/C14H15F2N3O2S2/c1-10-9-17-14(22-10)18-4-6-19(7-5-18)23(20,21)13-3-2-11(15)8-12(13)16/h2-3,8-9H,4-7H2,1H3. The third kappa shape index (κ3) is 3.22. The van der Waals surface area contributed by atoms with Crippen molar-refractivity contribution in [2.45, 2.75) is 11.8 Å². The summed E-state index contributed by atoms with van der Waals surface area (Å²) in [5, 5.41) is 0.854. The van der Waals surface area contributed by atoms with Gasteiger partial charge in [-0.25, -0.2) is 22.2 Å². The minimum Gasteiger partial charge on any atom is -0.345 e. The van der Waals surface area contributed by atoms with Gasteiger partial charge in [-0.05, 0) is 19.1 Å². The summed E-state index contributed by atoms with van der Waals surface area (Å²) in [6.07, 6.45) is 1.77. The van der Waals surface area contributed by atoms with Crippen LogP contribution >= 0.6 is 11.3 Å². The van der Waals surface area contributed by atoms with Gasteiger partial charge in [-0.2, -0.15) is 4.31 Å². The maximum atomic E-state index is 13.8. The second kappa shape index (κ2) is 6.14. The molecule has 3 rings (SSSR count). The van der Waals surface area contributed by atoms with Gasteiger partial charge in [-0.15, -0.1) is 11.3 Å². The molecule has 23 heavy (non-hydrogen) atoms. The molecule has 1 aliphatic rings.